The van der Waals surface area contributed by atoms with Gasteiger partial charge in [0.15, 0.2) is 0 Å². The standard InChI is InChI=1S/C25H22FNO3/c26-21-10-13-24-23(15-21)20(16-27-24)7-4-14-29-25(28)19-8-11-22(12-9-19)30-17-18-5-2-1-3-6-18/h1-3,5-6,8-13,15-16,27H,4,7,14,17H2. The number of rotatable bonds is 8. The number of aryl methyl sites for hydroxylation is 1. The minimum atomic E-state index is -0.366. The summed E-state index contributed by atoms with van der Waals surface area (Å²) in [7, 11) is 0. The molecule has 1 aromatic heterocycles. The summed E-state index contributed by atoms with van der Waals surface area (Å²) >= 11 is 0. The monoisotopic (exact) mass is 403 g/mol. The van der Waals surface area contributed by atoms with Crippen molar-refractivity contribution in [3.63, 3.8) is 0 Å². The first-order chi connectivity index (χ1) is 14.7. The maximum Gasteiger partial charge on any atom is 0.338 e. The zero-order valence-electron chi connectivity index (χ0n) is 16.4. The lowest BCUT2D eigenvalue weighted by Crippen LogP contribution is -2.07. The Hall–Kier alpha value is -3.60. The average molecular weight is 403 g/mol. The van der Waals surface area contributed by atoms with Gasteiger partial charge in [-0.1, -0.05) is 30.3 Å². The largest absolute Gasteiger partial charge is 0.489 e. The lowest BCUT2D eigenvalue weighted by molar-refractivity contribution is 0.0500. The molecule has 0 radical (unpaired) electrons. The minimum Gasteiger partial charge on any atom is -0.489 e. The van der Waals surface area contributed by atoms with Crippen LogP contribution in [0.3, 0.4) is 0 Å². The van der Waals surface area contributed by atoms with Crippen LogP contribution in [0.15, 0.2) is 79.0 Å². The molecule has 0 unspecified atom stereocenters. The van der Waals surface area contributed by atoms with Crippen LogP contribution in [-0.2, 0) is 17.8 Å². The Labute approximate surface area is 174 Å². The van der Waals surface area contributed by atoms with E-state index in [4.69, 9.17) is 9.47 Å². The van der Waals surface area contributed by atoms with Crippen molar-refractivity contribution in [3.8, 4) is 5.75 Å². The predicted molar refractivity (Wildman–Crippen MR) is 114 cm³/mol. The number of ether oxygens (including phenoxy) is 2. The third-order valence-electron chi connectivity index (χ3n) is 4.89. The van der Waals surface area contributed by atoms with E-state index in [0.29, 0.717) is 37.4 Å². The molecular weight excluding hydrogens is 381 g/mol. The molecule has 0 saturated heterocycles. The number of hydrogen-bond acceptors (Lipinski definition) is 3. The summed E-state index contributed by atoms with van der Waals surface area (Å²) in [6.07, 6.45) is 3.23. The van der Waals surface area contributed by atoms with E-state index in [2.05, 4.69) is 4.98 Å². The van der Waals surface area contributed by atoms with Gasteiger partial charge in [-0.15, -0.1) is 0 Å². The molecular formula is C25H22FNO3. The van der Waals surface area contributed by atoms with Crippen LogP contribution >= 0.6 is 0 Å². The first-order valence-corrected chi connectivity index (χ1v) is 9.88. The fourth-order valence-electron chi connectivity index (χ4n) is 3.30. The van der Waals surface area contributed by atoms with Crippen LogP contribution in [0.1, 0.15) is 27.9 Å². The van der Waals surface area contributed by atoms with Crippen molar-refractivity contribution in [1.29, 1.82) is 0 Å². The van der Waals surface area contributed by atoms with Gasteiger partial charge in [0, 0.05) is 17.1 Å². The Morgan fingerprint density at radius 3 is 2.57 bits per heavy atom. The van der Waals surface area contributed by atoms with Gasteiger partial charge in [-0.05, 0) is 66.4 Å². The quantitative estimate of drug-likeness (QED) is 0.304. The van der Waals surface area contributed by atoms with E-state index >= 15 is 0 Å². The van der Waals surface area contributed by atoms with Crippen molar-refractivity contribution >= 4 is 16.9 Å². The van der Waals surface area contributed by atoms with Gasteiger partial charge in [0.05, 0.1) is 12.2 Å². The topological polar surface area (TPSA) is 51.3 Å². The van der Waals surface area contributed by atoms with Gasteiger partial charge < -0.3 is 14.5 Å². The average Bonchev–Trinajstić information content (AvgIpc) is 3.18. The minimum absolute atomic E-state index is 0.258. The molecule has 0 aliphatic carbocycles. The van der Waals surface area contributed by atoms with Gasteiger partial charge in [-0.2, -0.15) is 0 Å². The van der Waals surface area contributed by atoms with Crippen molar-refractivity contribution < 1.29 is 18.7 Å². The number of esters is 1. The Morgan fingerprint density at radius 1 is 0.967 bits per heavy atom. The number of carbonyl (C=O) groups is 1. The molecule has 0 spiro atoms. The number of aromatic nitrogens is 1. The summed E-state index contributed by atoms with van der Waals surface area (Å²) < 4.78 is 24.5. The molecule has 0 amide bonds. The van der Waals surface area contributed by atoms with Crippen molar-refractivity contribution in [2.45, 2.75) is 19.4 Å². The van der Waals surface area contributed by atoms with E-state index in [1.54, 1.807) is 30.3 Å². The Kier molecular flexibility index (Phi) is 6.09. The van der Waals surface area contributed by atoms with E-state index in [0.717, 1.165) is 22.0 Å². The molecule has 0 bridgehead atoms. The first-order valence-electron chi connectivity index (χ1n) is 9.88. The molecule has 1 N–H and O–H groups in total. The van der Waals surface area contributed by atoms with E-state index < -0.39 is 0 Å². The molecule has 1 heterocycles. The van der Waals surface area contributed by atoms with Crippen molar-refractivity contribution in [2.75, 3.05) is 6.61 Å². The molecule has 4 aromatic rings. The Morgan fingerprint density at radius 2 is 1.77 bits per heavy atom. The number of H-pyrrole nitrogens is 1. The smallest absolute Gasteiger partial charge is 0.338 e. The van der Waals surface area contributed by atoms with Crippen molar-refractivity contribution in [1.82, 2.24) is 4.98 Å². The number of halogens is 1. The third-order valence-corrected chi connectivity index (χ3v) is 4.89. The highest BCUT2D eigenvalue weighted by Gasteiger charge is 2.09. The highest BCUT2D eigenvalue weighted by molar-refractivity contribution is 5.89. The van der Waals surface area contributed by atoms with E-state index in [1.807, 2.05) is 36.5 Å². The van der Waals surface area contributed by atoms with Crippen molar-refractivity contribution in [3.05, 3.63) is 102 Å². The van der Waals surface area contributed by atoms with Crippen LogP contribution in [0.25, 0.3) is 10.9 Å². The molecule has 152 valence electrons. The molecule has 30 heavy (non-hydrogen) atoms. The Balaban J connectivity index is 1.24. The van der Waals surface area contributed by atoms with Gasteiger partial charge in [-0.25, -0.2) is 9.18 Å². The fourth-order valence-corrected chi connectivity index (χ4v) is 3.30. The van der Waals surface area contributed by atoms with Gasteiger partial charge >= 0.3 is 5.97 Å². The molecule has 5 heteroatoms. The van der Waals surface area contributed by atoms with E-state index in [9.17, 15) is 9.18 Å². The summed E-state index contributed by atoms with van der Waals surface area (Å²) in [6.45, 7) is 0.773. The predicted octanol–water partition coefficient (Wildman–Crippen LogP) is 5.68. The molecule has 0 aliphatic rings. The maximum atomic E-state index is 13.4. The fraction of sp³-hybridized carbons (Fsp3) is 0.160. The highest BCUT2D eigenvalue weighted by atomic mass is 19.1. The van der Waals surface area contributed by atoms with Gasteiger partial charge in [0.2, 0.25) is 0 Å². The summed E-state index contributed by atoms with van der Waals surface area (Å²) in [6, 6.07) is 21.5. The second-order valence-corrected chi connectivity index (χ2v) is 7.04. The zero-order chi connectivity index (χ0) is 20.8. The van der Waals surface area contributed by atoms with E-state index in [1.165, 1.54) is 12.1 Å². The lowest BCUT2D eigenvalue weighted by Gasteiger charge is -2.08. The Bertz CT molecular complexity index is 1120. The zero-order valence-corrected chi connectivity index (χ0v) is 16.4. The van der Waals surface area contributed by atoms with Crippen LogP contribution in [0.5, 0.6) is 5.75 Å². The number of fused-ring (bicyclic) bond motifs is 1. The summed E-state index contributed by atoms with van der Waals surface area (Å²) in [5, 5.41) is 0.868. The molecule has 4 nitrogen and oxygen atoms in total. The van der Waals surface area contributed by atoms with Gasteiger partial charge in [0.1, 0.15) is 18.2 Å². The highest BCUT2D eigenvalue weighted by Crippen LogP contribution is 2.21. The molecule has 4 rings (SSSR count). The lowest BCUT2D eigenvalue weighted by atomic mass is 10.1. The number of benzene rings is 3. The third kappa shape index (κ3) is 4.87. The van der Waals surface area contributed by atoms with Crippen LogP contribution in [0.2, 0.25) is 0 Å². The number of nitrogens with one attached hydrogen (secondary N) is 1. The summed E-state index contributed by atoms with van der Waals surface area (Å²) in [5.41, 5.74) is 3.48. The van der Waals surface area contributed by atoms with E-state index in [-0.39, 0.29) is 11.8 Å². The van der Waals surface area contributed by atoms with Crippen LogP contribution in [0.4, 0.5) is 4.39 Å². The normalized spacial score (nSPS) is 10.8. The van der Waals surface area contributed by atoms with Crippen LogP contribution in [0, 0.1) is 5.82 Å². The first kappa shape index (κ1) is 19.7. The summed E-state index contributed by atoms with van der Waals surface area (Å²) in [5.74, 6) is 0.0718. The molecule has 0 atom stereocenters. The molecule has 0 saturated carbocycles. The second kappa shape index (κ2) is 9.27. The molecule has 0 aliphatic heterocycles. The van der Waals surface area contributed by atoms with Gasteiger partial charge in [0.25, 0.3) is 0 Å². The number of carbonyl (C=O) groups excluding carboxylic acids is 1. The van der Waals surface area contributed by atoms with Gasteiger partial charge in [-0.3, -0.25) is 0 Å². The second-order valence-electron chi connectivity index (χ2n) is 7.04. The molecule has 3 aromatic carbocycles. The van der Waals surface area contributed by atoms with Crippen molar-refractivity contribution in [2.24, 2.45) is 0 Å². The molecule has 0 fully saturated rings. The summed E-state index contributed by atoms with van der Waals surface area (Å²) in [4.78, 5) is 15.4. The maximum absolute atomic E-state index is 13.4. The van der Waals surface area contributed by atoms with Crippen LogP contribution < -0.4 is 4.74 Å². The van der Waals surface area contributed by atoms with Crippen LogP contribution in [-0.4, -0.2) is 17.6 Å². The number of aromatic amines is 1. The SMILES string of the molecule is O=C(OCCCc1c[nH]c2ccc(F)cc12)c1ccc(OCc2ccccc2)cc1. The number of hydrogen-bond donors (Lipinski definition) is 1.